The minimum absolute atomic E-state index is 0.263. The van der Waals surface area contributed by atoms with Gasteiger partial charge in [-0.2, -0.15) is 5.10 Å². The number of rotatable bonds is 4. The van der Waals surface area contributed by atoms with Crippen molar-refractivity contribution in [1.29, 1.82) is 0 Å². The highest BCUT2D eigenvalue weighted by Gasteiger charge is 2.30. The molecule has 1 aliphatic rings. The number of aromatic amines is 1. The molecule has 0 aromatic carbocycles. The van der Waals surface area contributed by atoms with Crippen LogP contribution in [0.15, 0.2) is 40.5 Å². The number of methoxy groups -OCH3 is 1. The Kier molecular flexibility index (Phi) is 3.96. The second kappa shape index (κ2) is 6.07. The lowest BCUT2D eigenvalue weighted by molar-refractivity contribution is -0.136. The number of esters is 1. The van der Waals surface area contributed by atoms with Gasteiger partial charge in [-0.25, -0.2) is 14.7 Å². The third kappa shape index (κ3) is 2.87. The van der Waals surface area contributed by atoms with Crippen LogP contribution in [0.25, 0.3) is 11.5 Å². The molecule has 1 aliphatic heterocycles. The van der Waals surface area contributed by atoms with Gasteiger partial charge in [-0.3, -0.25) is 9.55 Å². The maximum atomic E-state index is 12.0. The van der Waals surface area contributed by atoms with Crippen molar-refractivity contribution in [3.05, 3.63) is 46.2 Å². The van der Waals surface area contributed by atoms with Gasteiger partial charge in [0.2, 0.25) is 0 Å². The highest BCUT2D eigenvalue weighted by atomic mass is 16.5. The van der Waals surface area contributed by atoms with Crippen LogP contribution in [0.4, 0.5) is 0 Å². The largest absolute Gasteiger partial charge is 0.492 e. The molecule has 8 heteroatoms. The zero-order valence-electron chi connectivity index (χ0n) is 12.8. The maximum absolute atomic E-state index is 12.0. The number of allylic oxidation sites excluding steroid dienone is 1. The van der Waals surface area contributed by atoms with Crippen LogP contribution >= 0.6 is 0 Å². The number of carbonyl (C=O) groups is 1. The first kappa shape index (κ1) is 15.0. The Morgan fingerprint density at radius 2 is 2.35 bits per heavy atom. The molecule has 3 rings (SSSR count). The van der Waals surface area contributed by atoms with Gasteiger partial charge < -0.3 is 9.47 Å². The van der Waals surface area contributed by atoms with Crippen LogP contribution in [-0.2, 0) is 20.8 Å². The molecular formula is C15H16N4O4. The van der Waals surface area contributed by atoms with E-state index in [1.807, 2.05) is 6.07 Å². The molecule has 0 saturated carbocycles. The van der Waals surface area contributed by atoms with E-state index < -0.39 is 5.97 Å². The van der Waals surface area contributed by atoms with E-state index in [4.69, 9.17) is 9.47 Å². The molecule has 0 spiro atoms. The number of hydrogen-bond donors (Lipinski definition) is 1. The number of aromatic nitrogens is 4. The number of hydrogen-bond acceptors (Lipinski definition) is 6. The molecule has 1 atom stereocenters. The first-order valence-electron chi connectivity index (χ1n) is 7.11. The molecule has 0 fully saturated rings. The zero-order valence-corrected chi connectivity index (χ0v) is 12.8. The Balaban J connectivity index is 1.82. The van der Waals surface area contributed by atoms with Crippen molar-refractivity contribution in [3.8, 4) is 11.5 Å². The van der Waals surface area contributed by atoms with E-state index >= 15 is 0 Å². The van der Waals surface area contributed by atoms with E-state index in [9.17, 15) is 9.59 Å². The Hall–Kier alpha value is -2.90. The minimum Gasteiger partial charge on any atom is -0.492 e. The lowest BCUT2D eigenvalue weighted by Crippen LogP contribution is -2.25. The van der Waals surface area contributed by atoms with E-state index in [1.54, 1.807) is 25.3 Å². The Morgan fingerprint density at radius 1 is 1.52 bits per heavy atom. The van der Waals surface area contributed by atoms with Crippen molar-refractivity contribution in [3.63, 3.8) is 0 Å². The summed E-state index contributed by atoms with van der Waals surface area (Å²) in [6.07, 6.45) is 1.69. The summed E-state index contributed by atoms with van der Waals surface area (Å²) in [5.74, 6) is 0.552. The van der Waals surface area contributed by atoms with Crippen molar-refractivity contribution in [2.45, 2.75) is 26.0 Å². The van der Waals surface area contributed by atoms with Gasteiger partial charge in [-0.1, -0.05) is 6.07 Å². The van der Waals surface area contributed by atoms with Crippen LogP contribution in [0.3, 0.4) is 0 Å². The number of carbonyl (C=O) groups excluding carboxylic acids is 1. The molecule has 0 amide bonds. The molecule has 2 aromatic rings. The fourth-order valence-electron chi connectivity index (χ4n) is 2.57. The smallest absolute Gasteiger partial charge is 0.343 e. The van der Waals surface area contributed by atoms with E-state index in [0.717, 1.165) is 0 Å². The van der Waals surface area contributed by atoms with Crippen molar-refractivity contribution < 1.29 is 14.3 Å². The number of ether oxygens (including phenoxy) is 2. The van der Waals surface area contributed by atoms with E-state index in [1.165, 1.54) is 11.7 Å². The molecule has 0 aliphatic carbocycles. The first-order chi connectivity index (χ1) is 11.1. The topological polar surface area (TPSA) is 99.1 Å². The lowest BCUT2D eigenvalue weighted by atomic mass is 10.1. The maximum Gasteiger partial charge on any atom is 0.343 e. The highest BCUT2D eigenvalue weighted by Crippen LogP contribution is 2.27. The zero-order chi connectivity index (χ0) is 16.4. The lowest BCUT2D eigenvalue weighted by Gasteiger charge is -2.13. The van der Waals surface area contributed by atoms with Gasteiger partial charge >= 0.3 is 11.7 Å². The van der Waals surface area contributed by atoms with E-state index in [0.29, 0.717) is 29.3 Å². The van der Waals surface area contributed by atoms with Crippen molar-refractivity contribution in [2.75, 3.05) is 7.11 Å². The number of pyridine rings is 1. The number of nitrogens with zero attached hydrogens (tertiary/aromatic N) is 3. The quantitative estimate of drug-likeness (QED) is 0.840. The van der Waals surface area contributed by atoms with E-state index in [-0.39, 0.29) is 18.3 Å². The molecule has 1 unspecified atom stereocenters. The molecule has 8 nitrogen and oxygen atoms in total. The van der Waals surface area contributed by atoms with Gasteiger partial charge in [0.15, 0.2) is 5.82 Å². The van der Waals surface area contributed by atoms with Gasteiger partial charge in [0, 0.05) is 12.6 Å². The third-order valence-electron chi connectivity index (χ3n) is 3.67. The summed E-state index contributed by atoms with van der Waals surface area (Å²) in [4.78, 5) is 27.9. The van der Waals surface area contributed by atoms with Crippen LogP contribution < -0.4 is 5.69 Å². The van der Waals surface area contributed by atoms with Crippen molar-refractivity contribution in [1.82, 2.24) is 19.7 Å². The molecule has 0 bridgehead atoms. The van der Waals surface area contributed by atoms with Gasteiger partial charge in [0.1, 0.15) is 17.6 Å². The van der Waals surface area contributed by atoms with Crippen LogP contribution in [-0.4, -0.2) is 38.9 Å². The van der Waals surface area contributed by atoms with Crippen molar-refractivity contribution >= 4 is 5.97 Å². The molecule has 0 radical (unpaired) electrons. The number of H-pyrrole nitrogens is 1. The van der Waals surface area contributed by atoms with Gasteiger partial charge in [0.05, 0.1) is 19.2 Å². The second-order valence-electron chi connectivity index (χ2n) is 5.15. The standard InChI is InChI=1S/C15H16N4O4/c1-9-11(14(20)22-2)7-10(23-9)8-19-13(17-18-15(19)21)12-5-3-4-6-16-12/h3-6,10H,7-8H2,1-2H3,(H,18,21). The predicted octanol–water partition coefficient (Wildman–Crippen LogP) is 0.869. The molecule has 0 saturated heterocycles. The normalized spacial score (nSPS) is 17.2. The predicted molar refractivity (Wildman–Crippen MR) is 80.3 cm³/mol. The monoisotopic (exact) mass is 316 g/mol. The molecule has 1 N–H and O–H groups in total. The summed E-state index contributed by atoms with van der Waals surface area (Å²) in [5, 5.41) is 6.44. The SMILES string of the molecule is COC(=O)C1=C(C)OC(Cn2c(-c3ccccn3)n[nH]c2=O)C1. The van der Waals surface area contributed by atoms with Crippen LogP contribution in [0, 0.1) is 0 Å². The van der Waals surface area contributed by atoms with Crippen LogP contribution in [0.1, 0.15) is 13.3 Å². The molecule has 120 valence electrons. The molecule has 3 heterocycles. The Labute approximate surface area is 131 Å². The summed E-state index contributed by atoms with van der Waals surface area (Å²) in [6.45, 7) is 1.98. The average molecular weight is 316 g/mol. The van der Waals surface area contributed by atoms with Crippen LogP contribution in [0.2, 0.25) is 0 Å². The molecular weight excluding hydrogens is 300 g/mol. The molecule has 2 aromatic heterocycles. The summed E-state index contributed by atoms with van der Waals surface area (Å²) in [7, 11) is 1.33. The third-order valence-corrected chi connectivity index (χ3v) is 3.67. The first-order valence-corrected chi connectivity index (χ1v) is 7.11. The van der Waals surface area contributed by atoms with Crippen molar-refractivity contribution in [2.24, 2.45) is 0 Å². The highest BCUT2D eigenvalue weighted by molar-refractivity contribution is 5.89. The second-order valence-corrected chi connectivity index (χ2v) is 5.15. The summed E-state index contributed by atoms with van der Waals surface area (Å²) < 4.78 is 11.9. The Morgan fingerprint density at radius 3 is 3.04 bits per heavy atom. The fraction of sp³-hybridized carbons (Fsp3) is 0.333. The number of nitrogens with one attached hydrogen (secondary N) is 1. The summed E-state index contributed by atoms with van der Waals surface area (Å²) in [6, 6.07) is 5.37. The van der Waals surface area contributed by atoms with Gasteiger partial charge in [0.25, 0.3) is 0 Å². The fourth-order valence-corrected chi connectivity index (χ4v) is 2.57. The van der Waals surface area contributed by atoms with Gasteiger partial charge in [-0.15, -0.1) is 0 Å². The van der Waals surface area contributed by atoms with E-state index in [2.05, 4.69) is 15.2 Å². The van der Waals surface area contributed by atoms with Crippen LogP contribution in [0.5, 0.6) is 0 Å². The average Bonchev–Trinajstić information content (AvgIpc) is 3.11. The summed E-state index contributed by atoms with van der Waals surface area (Å²) in [5.41, 5.74) is 0.730. The minimum atomic E-state index is -0.408. The Bertz CT molecular complexity index is 806. The summed E-state index contributed by atoms with van der Waals surface area (Å²) >= 11 is 0. The molecule has 23 heavy (non-hydrogen) atoms. The van der Waals surface area contributed by atoms with Gasteiger partial charge in [-0.05, 0) is 19.1 Å².